The molecule has 2 aliphatic rings. The van der Waals surface area contributed by atoms with Crippen molar-refractivity contribution in [3.05, 3.63) is 24.2 Å². The van der Waals surface area contributed by atoms with Crippen LogP contribution in [0.1, 0.15) is 53.7 Å². The molecule has 2 saturated heterocycles. The van der Waals surface area contributed by atoms with Gasteiger partial charge in [-0.15, -0.1) is 0 Å². The predicted octanol–water partition coefficient (Wildman–Crippen LogP) is 3.81. The van der Waals surface area contributed by atoms with Crippen molar-refractivity contribution in [2.24, 2.45) is 0 Å². The van der Waals surface area contributed by atoms with E-state index >= 15 is 0 Å². The molecule has 10 nitrogen and oxygen atoms in total. The van der Waals surface area contributed by atoms with Crippen LogP contribution in [0.2, 0.25) is 0 Å². The van der Waals surface area contributed by atoms with Crippen LogP contribution in [0.15, 0.2) is 18.5 Å². The Labute approximate surface area is 219 Å². The molecule has 2 amide bonds. The minimum Gasteiger partial charge on any atom is -0.444 e. The Hall–Kier alpha value is -3.38. The first-order valence-corrected chi connectivity index (χ1v) is 12.7. The van der Waals surface area contributed by atoms with Gasteiger partial charge in [0.05, 0.1) is 11.9 Å². The zero-order valence-corrected chi connectivity index (χ0v) is 22.5. The molecule has 0 radical (unpaired) electrons. The summed E-state index contributed by atoms with van der Waals surface area (Å²) in [6.45, 7) is 12.2. The monoisotopic (exact) mass is 537 g/mol. The lowest BCUT2D eigenvalue weighted by atomic mass is 10.1. The van der Waals surface area contributed by atoms with E-state index < -0.39 is 23.6 Å². The molecule has 0 N–H and O–H groups in total. The molecule has 2 aromatic rings. The lowest BCUT2D eigenvalue weighted by Gasteiger charge is -2.44. The van der Waals surface area contributed by atoms with Crippen molar-refractivity contribution in [1.29, 1.82) is 0 Å². The van der Waals surface area contributed by atoms with E-state index in [9.17, 15) is 22.8 Å². The van der Waals surface area contributed by atoms with Gasteiger partial charge in [-0.2, -0.15) is 18.3 Å². The van der Waals surface area contributed by atoms with Gasteiger partial charge in [0, 0.05) is 49.5 Å². The van der Waals surface area contributed by atoms with Crippen molar-refractivity contribution in [1.82, 2.24) is 29.5 Å². The predicted molar refractivity (Wildman–Crippen MR) is 133 cm³/mol. The largest absolute Gasteiger partial charge is 0.444 e. The number of aromatic nitrogens is 4. The van der Waals surface area contributed by atoms with Crippen LogP contribution in [-0.4, -0.2) is 84.9 Å². The smallest absolute Gasteiger partial charge is 0.433 e. The normalized spacial score (nSPS) is 22.3. The number of amides is 2. The first-order chi connectivity index (χ1) is 17.6. The maximum Gasteiger partial charge on any atom is 0.433 e. The van der Waals surface area contributed by atoms with Crippen LogP contribution in [0.4, 0.5) is 23.9 Å². The van der Waals surface area contributed by atoms with Crippen LogP contribution in [0, 0.1) is 0 Å². The molecule has 4 heterocycles. The maximum absolute atomic E-state index is 13.5. The van der Waals surface area contributed by atoms with E-state index in [-0.39, 0.29) is 42.2 Å². The Morgan fingerprint density at radius 1 is 1.03 bits per heavy atom. The van der Waals surface area contributed by atoms with Gasteiger partial charge in [-0.05, 0) is 54.0 Å². The minimum atomic E-state index is -4.62. The summed E-state index contributed by atoms with van der Waals surface area (Å²) >= 11 is 0. The van der Waals surface area contributed by atoms with Gasteiger partial charge in [-0.3, -0.25) is 9.48 Å². The Morgan fingerprint density at radius 3 is 2.26 bits per heavy atom. The molecule has 38 heavy (non-hydrogen) atoms. The van der Waals surface area contributed by atoms with E-state index in [1.54, 1.807) is 35.5 Å². The summed E-state index contributed by atoms with van der Waals surface area (Å²) in [5.41, 5.74) is -1.20. The third kappa shape index (κ3) is 6.02. The van der Waals surface area contributed by atoms with Crippen LogP contribution in [0.3, 0.4) is 0 Å². The molecule has 0 aromatic carbocycles. The molecular formula is C25H34F3N7O3. The second kappa shape index (κ2) is 10.1. The van der Waals surface area contributed by atoms with Crippen molar-refractivity contribution in [3.63, 3.8) is 0 Å². The number of anilines is 1. The summed E-state index contributed by atoms with van der Waals surface area (Å²) in [5.74, 6) is -0.181. The van der Waals surface area contributed by atoms with Crippen LogP contribution < -0.4 is 4.90 Å². The first-order valence-electron chi connectivity index (χ1n) is 12.7. The molecular weight excluding hydrogens is 503 g/mol. The number of ether oxygens (including phenoxy) is 1. The molecule has 0 spiro atoms. The standard InChI is InChI=1S/C25H34F3N7O3/c1-15-7-8-33(15)22-30-19(9-20(31-22)25(26,27)28)18-10-29-32(13-18)14-21(36)34-11-17(3)35(12-16(34)2)23(37)38-24(4,5)6/h9-10,13,15-17H,7-8,11-12,14H2,1-6H3/t15-,16-,17+/m0/s1. The van der Waals surface area contributed by atoms with Crippen LogP contribution >= 0.6 is 0 Å². The van der Waals surface area contributed by atoms with Crippen molar-refractivity contribution >= 4 is 17.9 Å². The number of halogens is 3. The number of piperazine rings is 1. The highest BCUT2D eigenvalue weighted by Crippen LogP contribution is 2.33. The van der Waals surface area contributed by atoms with Gasteiger partial charge in [-0.1, -0.05) is 0 Å². The molecule has 208 valence electrons. The topological polar surface area (TPSA) is 96.7 Å². The highest BCUT2D eigenvalue weighted by Gasteiger charge is 2.37. The second-order valence-corrected chi connectivity index (χ2v) is 11.1. The summed E-state index contributed by atoms with van der Waals surface area (Å²) < 4.78 is 47.5. The summed E-state index contributed by atoms with van der Waals surface area (Å²) in [6, 6.07) is 0.462. The molecule has 2 aromatic heterocycles. The summed E-state index contributed by atoms with van der Waals surface area (Å²) in [5, 5.41) is 4.20. The van der Waals surface area contributed by atoms with Crippen molar-refractivity contribution in [2.75, 3.05) is 24.5 Å². The van der Waals surface area contributed by atoms with Gasteiger partial charge in [0.2, 0.25) is 11.9 Å². The van der Waals surface area contributed by atoms with Gasteiger partial charge in [0.1, 0.15) is 12.1 Å². The second-order valence-electron chi connectivity index (χ2n) is 11.1. The summed E-state index contributed by atoms with van der Waals surface area (Å²) in [4.78, 5) is 38.8. The van der Waals surface area contributed by atoms with E-state index in [1.807, 2.05) is 20.8 Å². The fourth-order valence-corrected chi connectivity index (χ4v) is 4.53. The fourth-order valence-electron chi connectivity index (χ4n) is 4.53. The van der Waals surface area contributed by atoms with E-state index in [0.717, 1.165) is 12.5 Å². The summed E-state index contributed by atoms with van der Waals surface area (Å²) in [7, 11) is 0. The number of alkyl halides is 3. The molecule has 0 unspecified atom stereocenters. The lowest BCUT2D eigenvalue weighted by molar-refractivity contribution is -0.141. The molecule has 0 bridgehead atoms. The molecule has 13 heteroatoms. The fraction of sp³-hybridized carbons (Fsp3) is 0.640. The first kappa shape index (κ1) is 27.6. The molecule has 3 atom stereocenters. The average molecular weight is 538 g/mol. The van der Waals surface area contributed by atoms with Crippen molar-refractivity contribution in [3.8, 4) is 11.3 Å². The van der Waals surface area contributed by atoms with Crippen molar-refractivity contribution in [2.45, 2.75) is 84.4 Å². The zero-order valence-electron chi connectivity index (χ0n) is 22.5. The Balaban J connectivity index is 1.47. The SMILES string of the molecule is C[C@@H]1CN(C(=O)Cn2cc(-c3cc(C(F)(F)F)nc(N4CC[C@@H]4C)n3)cn2)[C@@H](C)CN1C(=O)OC(C)(C)C. The van der Waals surface area contributed by atoms with E-state index in [4.69, 9.17) is 4.74 Å². The van der Waals surface area contributed by atoms with Gasteiger partial charge in [0.15, 0.2) is 5.69 Å². The van der Waals surface area contributed by atoms with Gasteiger partial charge in [0.25, 0.3) is 0 Å². The molecule has 2 aliphatic heterocycles. The van der Waals surface area contributed by atoms with Crippen molar-refractivity contribution < 1.29 is 27.5 Å². The maximum atomic E-state index is 13.5. The molecule has 2 fully saturated rings. The number of carbonyl (C=O) groups excluding carboxylic acids is 2. The number of rotatable bonds is 4. The third-order valence-electron chi connectivity index (χ3n) is 6.74. The molecule has 0 saturated carbocycles. The molecule has 0 aliphatic carbocycles. The lowest BCUT2D eigenvalue weighted by Crippen LogP contribution is -2.60. The Kier molecular flexibility index (Phi) is 7.32. The Bertz CT molecular complexity index is 1190. The van der Waals surface area contributed by atoms with Crippen LogP contribution in [0.5, 0.6) is 0 Å². The van der Waals surface area contributed by atoms with E-state index in [2.05, 4.69) is 15.1 Å². The number of hydrogen-bond donors (Lipinski definition) is 0. The van der Waals surface area contributed by atoms with Gasteiger partial charge < -0.3 is 19.4 Å². The number of nitrogens with zero attached hydrogens (tertiary/aromatic N) is 7. The minimum absolute atomic E-state index is 0.0306. The highest BCUT2D eigenvalue weighted by molar-refractivity contribution is 5.77. The van der Waals surface area contributed by atoms with Crippen LogP contribution in [-0.2, 0) is 22.3 Å². The van der Waals surface area contributed by atoms with Gasteiger partial charge >= 0.3 is 12.3 Å². The van der Waals surface area contributed by atoms with E-state index in [1.165, 1.54) is 17.1 Å². The van der Waals surface area contributed by atoms with Gasteiger partial charge in [-0.25, -0.2) is 14.8 Å². The quantitative estimate of drug-likeness (QED) is 0.585. The average Bonchev–Trinajstić information content (AvgIpc) is 3.25. The Morgan fingerprint density at radius 2 is 1.68 bits per heavy atom. The number of hydrogen-bond acceptors (Lipinski definition) is 7. The third-order valence-corrected chi connectivity index (χ3v) is 6.74. The molecule has 4 rings (SSSR count). The number of carbonyl (C=O) groups is 2. The summed E-state index contributed by atoms with van der Waals surface area (Å²) in [6.07, 6.45) is -1.28. The van der Waals surface area contributed by atoms with Crippen LogP contribution in [0.25, 0.3) is 11.3 Å². The highest BCUT2D eigenvalue weighted by atomic mass is 19.4. The van der Waals surface area contributed by atoms with E-state index in [0.29, 0.717) is 25.2 Å². The zero-order chi connectivity index (χ0) is 28.0.